The normalized spacial score (nSPS) is 18.2. The van der Waals surface area contributed by atoms with E-state index in [0.29, 0.717) is 24.5 Å². The fourth-order valence-corrected chi connectivity index (χ4v) is 3.87. The molecule has 1 aliphatic rings. The van der Waals surface area contributed by atoms with E-state index >= 15 is 0 Å². The number of hydrogen-bond acceptors (Lipinski definition) is 6. The summed E-state index contributed by atoms with van der Waals surface area (Å²) in [6.07, 6.45) is 3.20. The van der Waals surface area contributed by atoms with E-state index in [9.17, 15) is 4.79 Å². The molecule has 1 unspecified atom stereocenters. The zero-order valence-corrected chi connectivity index (χ0v) is 19.4. The number of nitrogens with zero attached hydrogens (tertiary/aromatic N) is 1. The monoisotopic (exact) mass is 416 g/mol. The summed E-state index contributed by atoms with van der Waals surface area (Å²) in [7, 11) is 3.26. The van der Waals surface area contributed by atoms with Gasteiger partial charge in [-0.25, -0.2) is 4.79 Å². The summed E-state index contributed by atoms with van der Waals surface area (Å²) >= 11 is 0. The van der Waals surface area contributed by atoms with Crippen LogP contribution in [0.5, 0.6) is 11.5 Å². The van der Waals surface area contributed by atoms with Crippen molar-refractivity contribution in [3.63, 3.8) is 0 Å². The summed E-state index contributed by atoms with van der Waals surface area (Å²) < 4.78 is 16.0. The number of carbonyl (C=O) groups excluding carboxylic acids is 1. The van der Waals surface area contributed by atoms with Crippen LogP contribution in [-0.4, -0.2) is 38.5 Å². The van der Waals surface area contributed by atoms with E-state index in [1.807, 2.05) is 32.0 Å². The van der Waals surface area contributed by atoms with Gasteiger partial charge in [0.2, 0.25) is 0 Å². The quantitative estimate of drug-likeness (QED) is 0.547. The lowest BCUT2D eigenvalue weighted by Crippen LogP contribution is -2.31. The minimum absolute atomic E-state index is 0.0311. The van der Waals surface area contributed by atoms with Crippen LogP contribution in [0.1, 0.15) is 60.3 Å². The summed E-state index contributed by atoms with van der Waals surface area (Å²) in [5.41, 5.74) is 4.27. The SMILES string of the molecule is CCOC(=O)C(CC)N=C1CC(C)(C)CC(Nc2ccc(OC)c(OC)c2)=C1CC. The molecule has 0 fully saturated rings. The minimum Gasteiger partial charge on any atom is -0.493 e. The second-order valence-electron chi connectivity index (χ2n) is 8.28. The van der Waals surface area contributed by atoms with Crippen molar-refractivity contribution in [2.45, 2.75) is 66.3 Å². The lowest BCUT2D eigenvalue weighted by molar-refractivity contribution is -0.144. The number of aliphatic imine (C=N–C) groups is 1. The van der Waals surface area contributed by atoms with Crippen LogP contribution in [-0.2, 0) is 9.53 Å². The first-order valence-corrected chi connectivity index (χ1v) is 10.7. The first kappa shape index (κ1) is 23.8. The molecule has 0 heterocycles. The summed E-state index contributed by atoms with van der Waals surface area (Å²) in [4.78, 5) is 17.2. The maximum absolute atomic E-state index is 12.3. The molecule has 0 aromatic heterocycles. The van der Waals surface area contributed by atoms with Gasteiger partial charge in [-0.2, -0.15) is 0 Å². The van der Waals surface area contributed by atoms with Crippen molar-refractivity contribution in [3.8, 4) is 11.5 Å². The lowest BCUT2D eigenvalue weighted by atomic mass is 9.74. The number of ether oxygens (including phenoxy) is 3. The molecule has 166 valence electrons. The van der Waals surface area contributed by atoms with Crippen molar-refractivity contribution in [1.29, 1.82) is 0 Å². The molecule has 2 rings (SSSR count). The number of methoxy groups -OCH3 is 2. The van der Waals surface area contributed by atoms with Crippen LogP contribution in [0, 0.1) is 5.41 Å². The Bertz CT molecular complexity index is 811. The van der Waals surface area contributed by atoms with Gasteiger partial charge in [0.1, 0.15) is 6.04 Å². The van der Waals surface area contributed by atoms with Gasteiger partial charge in [0.25, 0.3) is 0 Å². The highest BCUT2D eigenvalue weighted by atomic mass is 16.5. The van der Waals surface area contributed by atoms with E-state index in [2.05, 4.69) is 26.1 Å². The Kier molecular flexibility index (Phi) is 8.33. The van der Waals surface area contributed by atoms with Crippen molar-refractivity contribution in [2.24, 2.45) is 10.4 Å². The fraction of sp³-hybridized carbons (Fsp3) is 0.583. The zero-order valence-electron chi connectivity index (χ0n) is 19.4. The highest BCUT2D eigenvalue weighted by molar-refractivity contribution is 6.03. The Morgan fingerprint density at radius 2 is 1.83 bits per heavy atom. The van der Waals surface area contributed by atoms with E-state index in [4.69, 9.17) is 19.2 Å². The van der Waals surface area contributed by atoms with Crippen LogP contribution >= 0.6 is 0 Å². The van der Waals surface area contributed by atoms with E-state index < -0.39 is 6.04 Å². The van der Waals surface area contributed by atoms with Gasteiger partial charge in [-0.1, -0.05) is 27.7 Å². The van der Waals surface area contributed by atoms with Crippen LogP contribution in [0.15, 0.2) is 34.5 Å². The molecule has 0 bridgehead atoms. The number of rotatable bonds is 9. The topological polar surface area (TPSA) is 69.2 Å². The Labute approximate surface area is 180 Å². The number of carbonyl (C=O) groups is 1. The van der Waals surface area contributed by atoms with Gasteiger partial charge in [-0.3, -0.25) is 4.99 Å². The number of anilines is 1. The third-order valence-electron chi connectivity index (χ3n) is 5.30. The predicted molar refractivity (Wildman–Crippen MR) is 122 cm³/mol. The summed E-state index contributed by atoms with van der Waals surface area (Å²) in [6.45, 7) is 10.8. The average molecular weight is 417 g/mol. The molecule has 1 aliphatic carbocycles. The second kappa shape index (κ2) is 10.5. The molecule has 6 nitrogen and oxygen atoms in total. The number of nitrogens with one attached hydrogen (secondary N) is 1. The van der Waals surface area contributed by atoms with Crippen LogP contribution in [0.4, 0.5) is 5.69 Å². The van der Waals surface area contributed by atoms with E-state index in [1.165, 1.54) is 5.57 Å². The summed E-state index contributed by atoms with van der Waals surface area (Å²) in [6, 6.07) is 5.35. The van der Waals surface area contributed by atoms with Crippen molar-refractivity contribution in [1.82, 2.24) is 0 Å². The third kappa shape index (κ3) is 5.77. The first-order valence-electron chi connectivity index (χ1n) is 10.7. The summed E-state index contributed by atoms with van der Waals surface area (Å²) in [5.74, 6) is 1.12. The van der Waals surface area contributed by atoms with Crippen LogP contribution in [0.2, 0.25) is 0 Å². The van der Waals surface area contributed by atoms with Crippen molar-refractivity contribution in [2.75, 3.05) is 26.1 Å². The highest BCUT2D eigenvalue weighted by Gasteiger charge is 2.32. The highest BCUT2D eigenvalue weighted by Crippen LogP contribution is 2.40. The molecule has 0 saturated heterocycles. The number of allylic oxidation sites excluding steroid dienone is 2. The molecular weight excluding hydrogens is 380 g/mol. The third-order valence-corrected chi connectivity index (χ3v) is 5.30. The van der Waals surface area contributed by atoms with Gasteiger partial charge in [-0.05, 0) is 55.7 Å². The molecule has 6 heteroatoms. The lowest BCUT2D eigenvalue weighted by Gasteiger charge is -2.35. The Hall–Kier alpha value is -2.50. The van der Waals surface area contributed by atoms with Crippen molar-refractivity contribution in [3.05, 3.63) is 29.5 Å². The second-order valence-corrected chi connectivity index (χ2v) is 8.28. The van der Waals surface area contributed by atoms with Crippen LogP contribution < -0.4 is 14.8 Å². The van der Waals surface area contributed by atoms with Crippen molar-refractivity contribution < 1.29 is 19.0 Å². The molecule has 0 radical (unpaired) electrons. The minimum atomic E-state index is -0.460. The molecule has 30 heavy (non-hydrogen) atoms. The molecule has 0 saturated carbocycles. The molecule has 0 aliphatic heterocycles. The van der Waals surface area contributed by atoms with Gasteiger partial charge in [0.15, 0.2) is 11.5 Å². The standard InChI is InChI=1S/C24H36N2O4/c1-8-17-19(25-16-11-12-21(28-6)22(13-16)29-7)14-24(4,5)15-20(17)26-18(9-2)23(27)30-10-3/h11-13,18,25H,8-10,14-15H2,1-7H3. The molecule has 1 aromatic carbocycles. The first-order chi connectivity index (χ1) is 14.3. The van der Waals surface area contributed by atoms with Gasteiger partial charge in [0, 0.05) is 23.2 Å². The maximum Gasteiger partial charge on any atom is 0.330 e. The maximum atomic E-state index is 12.3. The average Bonchev–Trinajstić information content (AvgIpc) is 2.71. The smallest absolute Gasteiger partial charge is 0.330 e. The van der Waals surface area contributed by atoms with E-state index in [1.54, 1.807) is 14.2 Å². The largest absolute Gasteiger partial charge is 0.493 e. The van der Waals surface area contributed by atoms with Crippen molar-refractivity contribution >= 4 is 17.4 Å². The zero-order chi connectivity index (χ0) is 22.3. The van der Waals surface area contributed by atoms with Gasteiger partial charge < -0.3 is 19.5 Å². The number of hydrogen-bond donors (Lipinski definition) is 1. The van der Waals surface area contributed by atoms with Gasteiger partial charge >= 0.3 is 5.97 Å². The fourth-order valence-electron chi connectivity index (χ4n) is 3.87. The van der Waals surface area contributed by atoms with Crippen LogP contribution in [0.3, 0.4) is 0 Å². The molecule has 1 atom stereocenters. The molecule has 1 N–H and O–H groups in total. The van der Waals surface area contributed by atoms with Gasteiger partial charge in [0.05, 0.1) is 20.8 Å². The molecule has 0 spiro atoms. The van der Waals surface area contributed by atoms with Gasteiger partial charge in [-0.15, -0.1) is 0 Å². The number of benzene rings is 1. The van der Waals surface area contributed by atoms with E-state index in [-0.39, 0.29) is 11.4 Å². The van der Waals surface area contributed by atoms with Crippen LogP contribution in [0.25, 0.3) is 0 Å². The molecular formula is C24H36N2O4. The Balaban J connectivity index is 2.44. The number of esters is 1. The Morgan fingerprint density at radius 1 is 1.13 bits per heavy atom. The Morgan fingerprint density at radius 3 is 2.40 bits per heavy atom. The summed E-state index contributed by atoms with van der Waals surface area (Å²) in [5, 5.41) is 3.59. The molecule has 0 amide bonds. The predicted octanol–water partition coefficient (Wildman–Crippen LogP) is 5.38. The van der Waals surface area contributed by atoms with E-state index in [0.717, 1.165) is 36.4 Å². The molecule has 1 aromatic rings.